The van der Waals surface area contributed by atoms with E-state index in [1.54, 1.807) is 24.0 Å². The fourth-order valence-corrected chi connectivity index (χ4v) is 4.38. The molecule has 0 saturated carbocycles. The van der Waals surface area contributed by atoms with Gasteiger partial charge in [-0.1, -0.05) is 11.8 Å². The second-order valence-electron chi connectivity index (χ2n) is 6.93. The number of urea groups is 1. The Balaban J connectivity index is 2.01. The molecule has 0 bridgehead atoms. The number of carbonyl (C=O) groups is 2. The average Bonchev–Trinajstić information content (AvgIpc) is 3.20. The molecule has 0 radical (unpaired) electrons. The van der Waals surface area contributed by atoms with Crippen molar-refractivity contribution in [2.45, 2.75) is 45.3 Å². The van der Waals surface area contributed by atoms with E-state index in [2.05, 4.69) is 26.8 Å². The predicted octanol–water partition coefficient (Wildman–Crippen LogP) is 2.75. The van der Waals surface area contributed by atoms with Gasteiger partial charge in [0.1, 0.15) is 11.1 Å². The Labute approximate surface area is 184 Å². The molecule has 1 unspecified atom stereocenters. The highest BCUT2D eigenvalue weighted by atomic mass is 32.2. The molecule has 1 atom stereocenters. The van der Waals surface area contributed by atoms with Crippen LogP contribution in [0.3, 0.4) is 0 Å². The van der Waals surface area contributed by atoms with Gasteiger partial charge in [-0.05, 0) is 39.3 Å². The Morgan fingerprint density at radius 3 is 2.81 bits per heavy atom. The van der Waals surface area contributed by atoms with E-state index in [1.165, 1.54) is 11.8 Å². The number of pyridine rings is 1. The lowest BCUT2D eigenvalue weighted by molar-refractivity contribution is -0.139. The highest BCUT2D eigenvalue weighted by Crippen LogP contribution is 2.31. The van der Waals surface area contributed by atoms with E-state index < -0.39 is 18.0 Å². The fraction of sp³-hybridized carbons (Fsp3) is 0.381. The molecule has 162 valence electrons. The van der Waals surface area contributed by atoms with E-state index in [9.17, 15) is 14.9 Å². The molecule has 0 aromatic carbocycles. The van der Waals surface area contributed by atoms with Crippen LogP contribution in [0.4, 0.5) is 4.79 Å². The Bertz CT molecular complexity index is 1090. The maximum Gasteiger partial charge on any atom is 0.338 e. The van der Waals surface area contributed by atoms with Gasteiger partial charge in [0.15, 0.2) is 0 Å². The highest BCUT2D eigenvalue weighted by Gasteiger charge is 2.34. The van der Waals surface area contributed by atoms with Gasteiger partial charge in [-0.15, -0.1) is 0 Å². The molecule has 31 heavy (non-hydrogen) atoms. The third-order valence-corrected chi connectivity index (χ3v) is 5.74. The minimum absolute atomic E-state index is 0.203. The van der Waals surface area contributed by atoms with E-state index in [-0.39, 0.29) is 12.4 Å². The molecule has 0 spiro atoms. The molecular weight excluding hydrogens is 416 g/mol. The molecule has 2 amide bonds. The summed E-state index contributed by atoms with van der Waals surface area (Å²) < 4.78 is 7.00. The summed E-state index contributed by atoms with van der Waals surface area (Å²) in [7, 11) is 0. The number of esters is 1. The summed E-state index contributed by atoms with van der Waals surface area (Å²) in [4.78, 5) is 29.7. The van der Waals surface area contributed by atoms with Crippen LogP contribution < -0.4 is 10.6 Å². The van der Waals surface area contributed by atoms with Crippen molar-refractivity contribution in [2.75, 3.05) is 12.4 Å². The van der Waals surface area contributed by atoms with E-state index in [1.807, 2.05) is 26.8 Å². The van der Waals surface area contributed by atoms with Crippen molar-refractivity contribution in [2.24, 2.45) is 0 Å². The first-order valence-electron chi connectivity index (χ1n) is 9.89. The second kappa shape index (κ2) is 9.66. The van der Waals surface area contributed by atoms with E-state index in [4.69, 9.17) is 4.74 Å². The molecule has 3 rings (SSSR count). The molecule has 1 aliphatic rings. The molecule has 0 fully saturated rings. The summed E-state index contributed by atoms with van der Waals surface area (Å²) in [6.45, 7) is 8.25. The molecular formula is C21H24N6O3S. The SMILES string of the molecule is CCOC(=O)C1=C(CSc2nc(C)cc(C)c2C#N)NC(=O)NC1c1cnn(CC)c1. The van der Waals surface area contributed by atoms with Crippen molar-refractivity contribution in [1.82, 2.24) is 25.4 Å². The first-order valence-corrected chi connectivity index (χ1v) is 10.9. The van der Waals surface area contributed by atoms with Gasteiger partial charge in [0.05, 0.1) is 30.0 Å². The average molecular weight is 441 g/mol. The van der Waals surface area contributed by atoms with E-state index in [0.29, 0.717) is 34.0 Å². The van der Waals surface area contributed by atoms with Crippen LogP contribution in [-0.2, 0) is 16.1 Å². The standard InChI is InChI=1S/C21H24N6O3S/c1-5-27-10-14(9-23-27)18-17(20(28)30-6-2)16(25-21(29)26-18)11-31-19-15(8-22)12(3)7-13(4)24-19/h7,9-10,18H,5-6,11H2,1-4H3,(H2,25,26,29). The monoisotopic (exact) mass is 440 g/mol. The van der Waals surface area contributed by atoms with Crippen LogP contribution >= 0.6 is 11.8 Å². The van der Waals surface area contributed by atoms with Gasteiger partial charge < -0.3 is 15.4 Å². The molecule has 2 aromatic rings. The molecule has 2 N–H and O–H groups in total. The van der Waals surface area contributed by atoms with Crippen LogP contribution in [0.5, 0.6) is 0 Å². The van der Waals surface area contributed by atoms with Crippen molar-refractivity contribution in [3.63, 3.8) is 0 Å². The topological polar surface area (TPSA) is 122 Å². The number of rotatable bonds is 7. The summed E-state index contributed by atoms with van der Waals surface area (Å²) in [5.41, 5.74) is 3.52. The molecule has 9 nitrogen and oxygen atoms in total. The summed E-state index contributed by atoms with van der Waals surface area (Å²) >= 11 is 1.29. The van der Waals surface area contributed by atoms with Crippen LogP contribution in [0, 0.1) is 25.2 Å². The van der Waals surface area contributed by atoms with Crippen LogP contribution in [-0.4, -0.2) is 39.1 Å². The Hall–Kier alpha value is -3.32. The number of aryl methyl sites for hydroxylation is 3. The zero-order valence-corrected chi connectivity index (χ0v) is 18.7. The molecule has 3 heterocycles. The number of hydrogen-bond acceptors (Lipinski definition) is 7. The quantitative estimate of drug-likeness (QED) is 0.501. The number of nitrogens with one attached hydrogen (secondary N) is 2. The van der Waals surface area contributed by atoms with Crippen molar-refractivity contribution >= 4 is 23.8 Å². The predicted molar refractivity (Wildman–Crippen MR) is 115 cm³/mol. The number of amides is 2. The van der Waals surface area contributed by atoms with Crippen LogP contribution in [0.1, 0.15) is 42.3 Å². The molecule has 1 aliphatic heterocycles. The van der Waals surface area contributed by atoms with Crippen LogP contribution in [0.2, 0.25) is 0 Å². The first-order chi connectivity index (χ1) is 14.9. The minimum Gasteiger partial charge on any atom is -0.463 e. The number of carbonyl (C=O) groups excluding carboxylic acids is 2. The smallest absolute Gasteiger partial charge is 0.338 e. The second-order valence-corrected chi connectivity index (χ2v) is 7.90. The van der Waals surface area contributed by atoms with Gasteiger partial charge >= 0.3 is 12.0 Å². The van der Waals surface area contributed by atoms with Crippen molar-refractivity contribution in [1.29, 1.82) is 5.26 Å². The van der Waals surface area contributed by atoms with E-state index in [0.717, 1.165) is 11.3 Å². The molecule has 0 saturated heterocycles. The molecule has 2 aromatic heterocycles. The highest BCUT2D eigenvalue weighted by molar-refractivity contribution is 7.99. The first kappa shape index (κ1) is 22.4. The summed E-state index contributed by atoms with van der Waals surface area (Å²) in [5, 5.41) is 19.8. The third-order valence-electron chi connectivity index (χ3n) is 4.74. The molecule has 0 aliphatic carbocycles. The van der Waals surface area contributed by atoms with E-state index >= 15 is 0 Å². The molecule has 10 heteroatoms. The Morgan fingerprint density at radius 1 is 1.39 bits per heavy atom. The minimum atomic E-state index is -0.689. The fourth-order valence-electron chi connectivity index (χ4n) is 3.32. The van der Waals surface area contributed by atoms with Crippen LogP contribution in [0.15, 0.2) is 34.8 Å². The number of nitrogens with zero attached hydrogens (tertiary/aromatic N) is 4. The van der Waals surface area contributed by atoms with Crippen molar-refractivity contribution in [3.8, 4) is 6.07 Å². The summed E-state index contributed by atoms with van der Waals surface area (Å²) in [6.07, 6.45) is 3.42. The lowest BCUT2D eigenvalue weighted by atomic mass is 9.98. The number of aromatic nitrogens is 3. The van der Waals surface area contributed by atoms with Crippen molar-refractivity contribution < 1.29 is 14.3 Å². The number of ether oxygens (including phenoxy) is 1. The lowest BCUT2D eigenvalue weighted by Crippen LogP contribution is -2.46. The van der Waals surface area contributed by atoms with Crippen LogP contribution in [0.25, 0.3) is 0 Å². The third kappa shape index (κ3) is 4.88. The number of nitriles is 1. The number of hydrogen-bond donors (Lipinski definition) is 2. The van der Waals surface area contributed by atoms with Gasteiger partial charge in [0.25, 0.3) is 0 Å². The maximum atomic E-state index is 12.8. The Kier molecular flexibility index (Phi) is 6.97. The van der Waals surface area contributed by atoms with Gasteiger partial charge in [-0.3, -0.25) is 4.68 Å². The Morgan fingerprint density at radius 2 is 2.16 bits per heavy atom. The summed E-state index contributed by atoms with van der Waals surface area (Å²) in [5.74, 6) is -0.279. The van der Waals surface area contributed by atoms with Gasteiger partial charge in [-0.25, -0.2) is 14.6 Å². The van der Waals surface area contributed by atoms with Gasteiger partial charge in [0.2, 0.25) is 0 Å². The number of thioether (sulfide) groups is 1. The van der Waals surface area contributed by atoms with Crippen molar-refractivity contribution in [3.05, 3.63) is 52.1 Å². The van der Waals surface area contributed by atoms with Gasteiger partial charge in [0, 0.05) is 35.4 Å². The summed E-state index contributed by atoms with van der Waals surface area (Å²) in [6, 6.07) is 2.92. The zero-order chi connectivity index (χ0) is 22.5. The zero-order valence-electron chi connectivity index (χ0n) is 17.9. The lowest BCUT2D eigenvalue weighted by Gasteiger charge is -2.28. The maximum absolute atomic E-state index is 12.8. The largest absolute Gasteiger partial charge is 0.463 e. The normalized spacial score (nSPS) is 15.8. The van der Waals surface area contributed by atoms with Gasteiger partial charge in [-0.2, -0.15) is 10.4 Å².